The van der Waals surface area contributed by atoms with Gasteiger partial charge in [0.25, 0.3) is 0 Å². The first kappa shape index (κ1) is 14.0. The van der Waals surface area contributed by atoms with Gasteiger partial charge in [-0.25, -0.2) is 0 Å². The summed E-state index contributed by atoms with van der Waals surface area (Å²) in [4.78, 5) is 14.4. The summed E-state index contributed by atoms with van der Waals surface area (Å²) in [6.45, 7) is 9.57. The molecule has 2 N–H and O–H groups in total. The van der Waals surface area contributed by atoms with Crippen molar-refractivity contribution in [3.05, 3.63) is 0 Å². The molecular formula is C13H23N3O. The topological polar surface area (TPSA) is 44.4 Å². The Morgan fingerprint density at radius 1 is 1.53 bits per heavy atom. The predicted octanol–water partition coefficient (Wildman–Crippen LogP) is 0.198. The third-order valence-electron chi connectivity index (χ3n) is 3.26. The number of carbonyl (C=O) groups is 1. The smallest absolute Gasteiger partial charge is 0.240 e. The van der Waals surface area contributed by atoms with Gasteiger partial charge in [0.1, 0.15) is 0 Å². The van der Waals surface area contributed by atoms with Gasteiger partial charge in [-0.15, -0.1) is 12.3 Å². The standard InChI is InChI=1S/C13H23N3O/c1-5-6-11(2)15-12(17)13(3,4)16-9-7-14-8-10-16/h1,11,14H,6-10H2,2-4H3,(H,15,17). The minimum atomic E-state index is -0.467. The van der Waals surface area contributed by atoms with Crippen LogP contribution in [0.4, 0.5) is 0 Å². The molecule has 96 valence electrons. The molecule has 0 spiro atoms. The highest BCUT2D eigenvalue weighted by Gasteiger charge is 2.35. The summed E-state index contributed by atoms with van der Waals surface area (Å²) in [6, 6.07) is 0.0368. The molecule has 1 rings (SSSR count). The zero-order chi connectivity index (χ0) is 12.9. The Balaban J connectivity index is 2.56. The van der Waals surface area contributed by atoms with E-state index in [2.05, 4.69) is 21.5 Å². The van der Waals surface area contributed by atoms with Crippen LogP contribution in [0.2, 0.25) is 0 Å². The molecule has 0 aromatic heterocycles. The molecule has 1 heterocycles. The third kappa shape index (κ3) is 3.72. The molecule has 1 amide bonds. The van der Waals surface area contributed by atoms with E-state index in [1.54, 1.807) is 0 Å². The van der Waals surface area contributed by atoms with Gasteiger partial charge < -0.3 is 10.6 Å². The molecule has 4 nitrogen and oxygen atoms in total. The van der Waals surface area contributed by atoms with Gasteiger partial charge >= 0.3 is 0 Å². The minimum Gasteiger partial charge on any atom is -0.351 e. The Hall–Kier alpha value is -1.05. The maximum Gasteiger partial charge on any atom is 0.240 e. The van der Waals surface area contributed by atoms with Crippen LogP contribution in [0.5, 0.6) is 0 Å². The number of nitrogens with zero attached hydrogens (tertiary/aromatic N) is 1. The molecule has 0 bridgehead atoms. The van der Waals surface area contributed by atoms with Gasteiger partial charge in [-0.2, -0.15) is 0 Å². The van der Waals surface area contributed by atoms with E-state index in [9.17, 15) is 4.79 Å². The molecule has 0 aromatic rings. The maximum absolute atomic E-state index is 12.2. The summed E-state index contributed by atoms with van der Waals surface area (Å²) in [5.74, 6) is 2.62. The van der Waals surface area contributed by atoms with Gasteiger partial charge in [0, 0.05) is 38.6 Å². The normalized spacial score (nSPS) is 19.4. The second-order valence-electron chi connectivity index (χ2n) is 5.08. The molecule has 1 aliphatic heterocycles. The van der Waals surface area contributed by atoms with E-state index in [0.717, 1.165) is 26.2 Å². The Morgan fingerprint density at radius 2 is 2.12 bits per heavy atom. The molecule has 1 fully saturated rings. The average Bonchev–Trinajstić information content (AvgIpc) is 2.30. The van der Waals surface area contributed by atoms with Crippen molar-refractivity contribution in [1.82, 2.24) is 15.5 Å². The Morgan fingerprint density at radius 3 is 2.65 bits per heavy atom. The second-order valence-corrected chi connectivity index (χ2v) is 5.08. The highest BCUT2D eigenvalue weighted by Crippen LogP contribution is 2.15. The predicted molar refractivity (Wildman–Crippen MR) is 69.6 cm³/mol. The number of terminal acetylenes is 1. The zero-order valence-electron chi connectivity index (χ0n) is 11.0. The number of nitrogens with one attached hydrogen (secondary N) is 2. The van der Waals surface area contributed by atoms with Crippen molar-refractivity contribution in [3.63, 3.8) is 0 Å². The number of hydrogen-bond donors (Lipinski definition) is 2. The third-order valence-corrected chi connectivity index (χ3v) is 3.26. The van der Waals surface area contributed by atoms with Crippen molar-refractivity contribution >= 4 is 5.91 Å². The van der Waals surface area contributed by atoms with E-state index >= 15 is 0 Å². The highest BCUT2D eigenvalue weighted by atomic mass is 16.2. The molecule has 1 unspecified atom stereocenters. The lowest BCUT2D eigenvalue weighted by Gasteiger charge is -2.40. The average molecular weight is 237 g/mol. The van der Waals surface area contributed by atoms with E-state index in [4.69, 9.17) is 6.42 Å². The van der Waals surface area contributed by atoms with Crippen LogP contribution in [-0.2, 0) is 4.79 Å². The molecule has 1 aliphatic rings. The minimum absolute atomic E-state index is 0.0368. The number of carbonyl (C=O) groups excluding carboxylic acids is 1. The van der Waals surface area contributed by atoms with Crippen LogP contribution in [0.3, 0.4) is 0 Å². The van der Waals surface area contributed by atoms with Gasteiger partial charge in [0.15, 0.2) is 0 Å². The van der Waals surface area contributed by atoms with Crippen LogP contribution in [0.25, 0.3) is 0 Å². The first-order chi connectivity index (χ1) is 7.98. The van der Waals surface area contributed by atoms with E-state index in [0.29, 0.717) is 6.42 Å². The van der Waals surface area contributed by atoms with Crippen LogP contribution in [-0.4, -0.2) is 48.6 Å². The van der Waals surface area contributed by atoms with Crippen molar-refractivity contribution in [2.75, 3.05) is 26.2 Å². The summed E-state index contributed by atoms with van der Waals surface area (Å²) in [7, 11) is 0. The molecule has 1 atom stereocenters. The fourth-order valence-electron chi connectivity index (χ4n) is 2.00. The fraction of sp³-hybridized carbons (Fsp3) is 0.769. The van der Waals surface area contributed by atoms with Crippen LogP contribution >= 0.6 is 0 Å². The van der Waals surface area contributed by atoms with Crippen molar-refractivity contribution in [1.29, 1.82) is 0 Å². The van der Waals surface area contributed by atoms with Crippen molar-refractivity contribution in [2.24, 2.45) is 0 Å². The molecule has 4 heteroatoms. The number of hydrogen-bond acceptors (Lipinski definition) is 3. The van der Waals surface area contributed by atoms with Gasteiger partial charge in [0.05, 0.1) is 5.54 Å². The van der Waals surface area contributed by atoms with E-state index in [1.165, 1.54) is 0 Å². The van der Waals surface area contributed by atoms with E-state index in [-0.39, 0.29) is 11.9 Å². The summed E-state index contributed by atoms with van der Waals surface area (Å²) in [6.07, 6.45) is 5.81. The SMILES string of the molecule is C#CCC(C)NC(=O)C(C)(C)N1CCNCC1. The number of rotatable bonds is 4. The fourth-order valence-corrected chi connectivity index (χ4v) is 2.00. The zero-order valence-corrected chi connectivity index (χ0v) is 11.0. The number of amides is 1. The van der Waals surface area contributed by atoms with Gasteiger partial charge in [-0.3, -0.25) is 9.69 Å². The van der Waals surface area contributed by atoms with Crippen molar-refractivity contribution in [3.8, 4) is 12.3 Å². The quantitative estimate of drug-likeness (QED) is 0.687. The van der Waals surface area contributed by atoms with E-state index < -0.39 is 5.54 Å². The van der Waals surface area contributed by atoms with Crippen LogP contribution in [0.15, 0.2) is 0 Å². The largest absolute Gasteiger partial charge is 0.351 e. The van der Waals surface area contributed by atoms with Crippen molar-refractivity contribution < 1.29 is 4.79 Å². The summed E-state index contributed by atoms with van der Waals surface area (Å²) in [5.41, 5.74) is -0.467. The van der Waals surface area contributed by atoms with Crippen LogP contribution in [0.1, 0.15) is 27.2 Å². The molecule has 0 saturated carbocycles. The molecular weight excluding hydrogens is 214 g/mol. The maximum atomic E-state index is 12.2. The molecule has 0 radical (unpaired) electrons. The lowest BCUT2D eigenvalue weighted by Crippen LogP contribution is -2.60. The van der Waals surface area contributed by atoms with E-state index in [1.807, 2.05) is 20.8 Å². The second kappa shape index (κ2) is 6.04. The molecule has 17 heavy (non-hydrogen) atoms. The van der Waals surface area contributed by atoms with Gasteiger partial charge in [0.2, 0.25) is 5.91 Å². The number of piperazine rings is 1. The molecule has 1 saturated heterocycles. The summed E-state index contributed by atoms with van der Waals surface area (Å²) < 4.78 is 0. The van der Waals surface area contributed by atoms with Crippen LogP contribution < -0.4 is 10.6 Å². The lowest BCUT2D eigenvalue weighted by atomic mass is 9.99. The molecule has 0 aliphatic carbocycles. The summed E-state index contributed by atoms with van der Waals surface area (Å²) >= 11 is 0. The van der Waals surface area contributed by atoms with Crippen molar-refractivity contribution in [2.45, 2.75) is 38.8 Å². The monoisotopic (exact) mass is 237 g/mol. The highest BCUT2D eigenvalue weighted by molar-refractivity contribution is 5.85. The first-order valence-electron chi connectivity index (χ1n) is 6.18. The Kier molecular flexibility index (Phi) is 4.98. The summed E-state index contributed by atoms with van der Waals surface area (Å²) in [5, 5.41) is 6.26. The van der Waals surface area contributed by atoms with Gasteiger partial charge in [-0.05, 0) is 20.8 Å². The Bertz CT molecular complexity index is 300. The first-order valence-corrected chi connectivity index (χ1v) is 6.18. The Labute approximate surface area is 104 Å². The lowest BCUT2D eigenvalue weighted by molar-refractivity contribution is -0.132. The molecule has 0 aromatic carbocycles. The van der Waals surface area contributed by atoms with Gasteiger partial charge in [-0.1, -0.05) is 0 Å². The van der Waals surface area contributed by atoms with Crippen LogP contribution in [0, 0.1) is 12.3 Å².